The number of Topliss-reactive ketones (excluding diaryl/α,β-unsaturated/α-hetero) is 1. The normalized spacial score (nSPS) is 10.8. The summed E-state index contributed by atoms with van der Waals surface area (Å²) in [5.74, 6) is 0.756. The van der Waals surface area contributed by atoms with E-state index in [0.29, 0.717) is 18.7 Å². The van der Waals surface area contributed by atoms with E-state index < -0.39 is 0 Å². The highest BCUT2D eigenvalue weighted by atomic mass is 16.3. The van der Waals surface area contributed by atoms with Crippen molar-refractivity contribution in [3.8, 4) is 22.6 Å². The van der Waals surface area contributed by atoms with Crippen molar-refractivity contribution in [3.63, 3.8) is 0 Å². The second kappa shape index (κ2) is 8.19. The molecule has 29 heavy (non-hydrogen) atoms. The maximum absolute atomic E-state index is 12.4. The number of nitrogens with zero attached hydrogens (tertiary/aromatic N) is 3. The van der Waals surface area contributed by atoms with E-state index in [1.165, 1.54) is 11.9 Å². The van der Waals surface area contributed by atoms with Crippen molar-refractivity contribution in [3.05, 3.63) is 89.8 Å². The molecule has 144 valence electrons. The monoisotopic (exact) mass is 383 g/mol. The third-order valence-corrected chi connectivity index (χ3v) is 4.98. The molecule has 4 rings (SSSR count). The van der Waals surface area contributed by atoms with E-state index >= 15 is 0 Å². The van der Waals surface area contributed by atoms with Crippen LogP contribution >= 0.6 is 0 Å². The first-order chi connectivity index (χ1) is 14.1. The van der Waals surface area contributed by atoms with Crippen LogP contribution in [-0.2, 0) is 17.6 Å². The number of hydrogen-bond acceptors (Lipinski definition) is 5. The van der Waals surface area contributed by atoms with Crippen LogP contribution in [0.25, 0.3) is 22.6 Å². The Morgan fingerprint density at radius 3 is 2.48 bits per heavy atom. The smallest absolute Gasteiger partial charge is 0.225 e. The molecule has 0 aliphatic rings. The summed E-state index contributed by atoms with van der Waals surface area (Å²) in [6.07, 6.45) is 7.18. The Labute approximate surface area is 169 Å². The summed E-state index contributed by atoms with van der Waals surface area (Å²) < 4.78 is 5.41. The van der Waals surface area contributed by atoms with Crippen LogP contribution in [0.5, 0.6) is 0 Å². The Hall–Kier alpha value is -3.60. The molecule has 0 unspecified atom stereocenters. The van der Waals surface area contributed by atoms with Gasteiger partial charge in [-0.3, -0.25) is 4.79 Å². The van der Waals surface area contributed by atoms with Crippen LogP contribution in [0.2, 0.25) is 0 Å². The van der Waals surface area contributed by atoms with Crippen LogP contribution < -0.4 is 0 Å². The predicted molar refractivity (Wildman–Crippen MR) is 111 cm³/mol. The number of benzene rings is 2. The SMILES string of the molecule is Cc1ccc(-c2ncco2)cc1-c1ccc(CC(=O)Cc2cncnc2C)cc1. The van der Waals surface area contributed by atoms with Gasteiger partial charge in [-0.15, -0.1) is 0 Å². The number of carbonyl (C=O) groups excluding carboxylic acids is 1. The predicted octanol–water partition coefficient (Wildman–Crippen LogP) is 4.77. The van der Waals surface area contributed by atoms with E-state index in [0.717, 1.165) is 33.5 Å². The van der Waals surface area contributed by atoms with Crippen LogP contribution in [0, 0.1) is 13.8 Å². The standard InChI is InChI=1S/C24H21N3O2/c1-16-3-6-20(24-26-9-10-29-24)13-23(16)19-7-4-18(5-8-19)11-22(28)12-21-14-25-15-27-17(21)2/h3-10,13-15H,11-12H2,1-2H3. The van der Waals surface area contributed by atoms with Crippen LogP contribution in [0.1, 0.15) is 22.4 Å². The summed E-state index contributed by atoms with van der Waals surface area (Å²) in [7, 11) is 0. The van der Waals surface area contributed by atoms with E-state index in [1.807, 2.05) is 25.1 Å². The Bertz CT molecular complexity index is 1130. The molecule has 2 aromatic carbocycles. The topological polar surface area (TPSA) is 68.9 Å². The molecule has 0 amide bonds. The number of aromatic nitrogens is 3. The van der Waals surface area contributed by atoms with Crippen LogP contribution in [0.15, 0.2) is 71.9 Å². The molecule has 5 heteroatoms. The second-order valence-corrected chi connectivity index (χ2v) is 7.09. The van der Waals surface area contributed by atoms with Crippen LogP contribution in [0.4, 0.5) is 0 Å². The van der Waals surface area contributed by atoms with Gasteiger partial charge in [-0.1, -0.05) is 30.3 Å². The molecule has 0 aliphatic heterocycles. The molecular weight excluding hydrogens is 362 g/mol. The van der Waals surface area contributed by atoms with Gasteiger partial charge in [0.2, 0.25) is 5.89 Å². The zero-order valence-electron chi connectivity index (χ0n) is 16.4. The number of carbonyl (C=O) groups is 1. The highest BCUT2D eigenvalue weighted by Crippen LogP contribution is 2.29. The molecule has 0 spiro atoms. The van der Waals surface area contributed by atoms with Crippen molar-refractivity contribution in [2.24, 2.45) is 0 Å². The molecule has 0 radical (unpaired) electrons. The molecule has 4 aromatic rings. The molecular formula is C24H21N3O2. The molecule has 0 saturated carbocycles. The fourth-order valence-electron chi connectivity index (χ4n) is 3.33. The number of oxazole rings is 1. The molecule has 0 N–H and O–H groups in total. The lowest BCUT2D eigenvalue weighted by Gasteiger charge is -2.09. The van der Waals surface area contributed by atoms with Crippen molar-refractivity contribution >= 4 is 5.78 Å². The zero-order valence-corrected chi connectivity index (χ0v) is 16.4. The molecule has 0 aliphatic carbocycles. The number of hydrogen-bond donors (Lipinski definition) is 0. The number of rotatable bonds is 6. The number of aryl methyl sites for hydroxylation is 2. The number of ketones is 1. The summed E-state index contributed by atoms with van der Waals surface area (Å²) in [6, 6.07) is 14.3. The molecule has 2 aromatic heterocycles. The summed E-state index contributed by atoms with van der Waals surface area (Å²) in [4.78, 5) is 24.8. The van der Waals surface area contributed by atoms with Crippen molar-refractivity contribution < 1.29 is 9.21 Å². The van der Waals surface area contributed by atoms with Gasteiger partial charge in [-0.25, -0.2) is 15.0 Å². The first-order valence-corrected chi connectivity index (χ1v) is 9.47. The Morgan fingerprint density at radius 2 is 1.76 bits per heavy atom. The van der Waals surface area contributed by atoms with Gasteiger partial charge in [-0.2, -0.15) is 0 Å². The van der Waals surface area contributed by atoms with E-state index in [-0.39, 0.29) is 5.78 Å². The van der Waals surface area contributed by atoms with Crippen molar-refractivity contribution in [2.75, 3.05) is 0 Å². The zero-order chi connectivity index (χ0) is 20.2. The average Bonchev–Trinajstić information content (AvgIpc) is 3.26. The molecule has 2 heterocycles. The molecule has 0 saturated heterocycles. The van der Waals surface area contributed by atoms with Gasteiger partial charge in [-0.05, 0) is 53.8 Å². The minimum atomic E-state index is 0.151. The Kier molecular flexibility index (Phi) is 5.29. The summed E-state index contributed by atoms with van der Waals surface area (Å²) >= 11 is 0. The average molecular weight is 383 g/mol. The molecule has 0 bridgehead atoms. The van der Waals surface area contributed by atoms with Crippen molar-refractivity contribution in [2.45, 2.75) is 26.7 Å². The first kappa shape index (κ1) is 18.7. The highest BCUT2D eigenvalue weighted by Gasteiger charge is 2.10. The van der Waals surface area contributed by atoms with E-state index in [1.54, 1.807) is 18.7 Å². The Morgan fingerprint density at radius 1 is 0.966 bits per heavy atom. The second-order valence-electron chi connectivity index (χ2n) is 7.09. The fourth-order valence-corrected chi connectivity index (χ4v) is 3.33. The lowest BCUT2D eigenvalue weighted by Crippen LogP contribution is -2.08. The maximum Gasteiger partial charge on any atom is 0.225 e. The van der Waals surface area contributed by atoms with Crippen LogP contribution in [0.3, 0.4) is 0 Å². The maximum atomic E-state index is 12.4. The lowest BCUT2D eigenvalue weighted by atomic mass is 9.96. The minimum absolute atomic E-state index is 0.151. The van der Waals surface area contributed by atoms with Gasteiger partial charge in [0.1, 0.15) is 18.4 Å². The first-order valence-electron chi connectivity index (χ1n) is 9.47. The lowest BCUT2D eigenvalue weighted by molar-refractivity contribution is -0.117. The molecule has 0 fully saturated rings. The largest absolute Gasteiger partial charge is 0.445 e. The Balaban J connectivity index is 1.50. The highest BCUT2D eigenvalue weighted by molar-refractivity contribution is 5.83. The third kappa shape index (κ3) is 4.29. The van der Waals surface area contributed by atoms with E-state index in [2.05, 4.69) is 46.1 Å². The fraction of sp³-hybridized carbons (Fsp3) is 0.167. The van der Waals surface area contributed by atoms with Gasteiger partial charge in [0, 0.05) is 30.3 Å². The summed E-state index contributed by atoms with van der Waals surface area (Å²) in [5.41, 5.74) is 7.06. The van der Waals surface area contributed by atoms with Gasteiger partial charge in [0.25, 0.3) is 0 Å². The van der Waals surface area contributed by atoms with Gasteiger partial charge in [0.05, 0.1) is 6.20 Å². The van der Waals surface area contributed by atoms with Gasteiger partial charge < -0.3 is 4.42 Å². The quantitative estimate of drug-likeness (QED) is 0.480. The summed E-state index contributed by atoms with van der Waals surface area (Å²) in [5, 5.41) is 0. The molecule has 0 atom stereocenters. The van der Waals surface area contributed by atoms with Crippen LogP contribution in [-0.4, -0.2) is 20.7 Å². The van der Waals surface area contributed by atoms with Crippen molar-refractivity contribution in [1.82, 2.24) is 15.0 Å². The van der Waals surface area contributed by atoms with E-state index in [4.69, 9.17) is 4.42 Å². The van der Waals surface area contributed by atoms with Crippen molar-refractivity contribution in [1.29, 1.82) is 0 Å². The minimum Gasteiger partial charge on any atom is -0.445 e. The molecule has 5 nitrogen and oxygen atoms in total. The van der Waals surface area contributed by atoms with Gasteiger partial charge >= 0.3 is 0 Å². The third-order valence-electron chi connectivity index (χ3n) is 4.98. The summed E-state index contributed by atoms with van der Waals surface area (Å²) in [6.45, 7) is 3.98. The van der Waals surface area contributed by atoms with Gasteiger partial charge in [0.15, 0.2) is 0 Å². The van der Waals surface area contributed by atoms with E-state index in [9.17, 15) is 4.79 Å².